The molecule has 3 N–H and O–H groups in total. The van der Waals surface area contributed by atoms with Crippen LogP contribution in [0.4, 0.5) is 0 Å². The molecule has 0 amide bonds. The number of aromatic amines is 1. The van der Waals surface area contributed by atoms with Gasteiger partial charge in [-0.05, 0) is 25.2 Å². The third-order valence-corrected chi connectivity index (χ3v) is 2.65. The summed E-state index contributed by atoms with van der Waals surface area (Å²) >= 11 is 0. The monoisotopic (exact) mass is 209 g/mol. The maximum Gasteiger partial charge on any atom is 0.123 e. The van der Waals surface area contributed by atoms with Crippen LogP contribution in [0.3, 0.4) is 0 Å². The van der Waals surface area contributed by atoms with E-state index >= 15 is 0 Å². The Balaban J connectivity index is 2.81. The molecule has 0 aliphatic carbocycles. The van der Waals surface area contributed by atoms with Gasteiger partial charge in [-0.2, -0.15) is 0 Å². The topological polar surface area (TPSA) is 54.7 Å². The Kier molecular flexibility index (Phi) is 4.33. The SMILES string of the molecule is CCc1nc(C(N)CC(C)C)[nH]c1CC. The maximum absolute atomic E-state index is 6.09. The molecule has 1 rings (SSSR count). The van der Waals surface area contributed by atoms with Crippen molar-refractivity contribution in [2.45, 2.75) is 53.0 Å². The Hall–Kier alpha value is -0.830. The molecular formula is C12H23N3. The molecule has 0 spiro atoms. The average Bonchev–Trinajstić information content (AvgIpc) is 2.59. The van der Waals surface area contributed by atoms with Crippen LogP contribution in [-0.4, -0.2) is 9.97 Å². The van der Waals surface area contributed by atoms with E-state index in [0.717, 1.165) is 25.1 Å². The highest BCUT2D eigenvalue weighted by Crippen LogP contribution is 2.18. The van der Waals surface area contributed by atoms with E-state index in [1.54, 1.807) is 0 Å². The van der Waals surface area contributed by atoms with Gasteiger partial charge >= 0.3 is 0 Å². The first-order valence-corrected chi connectivity index (χ1v) is 5.91. The molecule has 0 aliphatic rings. The fourth-order valence-electron chi connectivity index (χ4n) is 1.85. The van der Waals surface area contributed by atoms with E-state index in [1.807, 2.05) is 0 Å². The highest BCUT2D eigenvalue weighted by atomic mass is 15.0. The highest BCUT2D eigenvalue weighted by Gasteiger charge is 2.14. The minimum absolute atomic E-state index is 0.0515. The van der Waals surface area contributed by atoms with Crippen molar-refractivity contribution >= 4 is 0 Å². The van der Waals surface area contributed by atoms with Crippen molar-refractivity contribution in [1.82, 2.24) is 9.97 Å². The van der Waals surface area contributed by atoms with E-state index in [2.05, 4.69) is 37.7 Å². The number of aryl methyl sites for hydroxylation is 2. The molecule has 1 aromatic heterocycles. The van der Waals surface area contributed by atoms with Gasteiger partial charge in [0.2, 0.25) is 0 Å². The van der Waals surface area contributed by atoms with Crippen molar-refractivity contribution in [1.29, 1.82) is 0 Å². The lowest BCUT2D eigenvalue weighted by molar-refractivity contribution is 0.495. The Bertz CT molecular complexity index is 280. The van der Waals surface area contributed by atoms with Crippen molar-refractivity contribution in [2.75, 3.05) is 0 Å². The second-order valence-electron chi connectivity index (χ2n) is 4.49. The van der Waals surface area contributed by atoms with Crippen molar-refractivity contribution < 1.29 is 0 Å². The summed E-state index contributed by atoms with van der Waals surface area (Å²) in [6.07, 6.45) is 2.97. The zero-order valence-corrected chi connectivity index (χ0v) is 10.3. The van der Waals surface area contributed by atoms with E-state index in [0.29, 0.717) is 5.92 Å². The normalized spacial score (nSPS) is 13.5. The van der Waals surface area contributed by atoms with Crippen LogP contribution in [0.1, 0.15) is 57.4 Å². The molecule has 3 nitrogen and oxygen atoms in total. The molecule has 86 valence electrons. The average molecular weight is 209 g/mol. The molecule has 0 saturated carbocycles. The van der Waals surface area contributed by atoms with Gasteiger partial charge in [0.05, 0.1) is 11.7 Å². The smallest absolute Gasteiger partial charge is 0.123 e. The lowest BCUT2D eigenvalue weighted by Gasteiger charge is -2.10. The molecule has 15 heavy (non-hydrogen) atoms. The molecule has 0 saturated heterocycles. The predicted octanol–water partition coefficient (Wildman–Crippen LogP) is 2.58. The second kappa shape index (κ2) is 5.31. The standard InChI is InChI=1S/C12H23N3/c1-5-10-11(6-2)15-12(14-10)9(13)7-8(3)4/h8-9H,5-7,13H2,1-4H3,(H,14,15). The second-order valence-corrected chi connectivity index (χ2v) is 4.49. The summed E-state index contributed by atoms with van der Waals surface area (Å²) in [5.74, 6) is 1.57. The predicted molar refractivity (Wildman–Crippen MR) is 63.7 cm³/mol. The van der Waals surface area contributed by atoms with Crippen molar-refractivity contribution in [3.8, 4) is 0 Å². The van der Waals surface area contributed by atoms with Gasteiger partial charge in [0.25, 0.3) is 0 Å². The summed E-state index contributed by atoms with van der Waals surface area (Å²) in [5.41, 5.74) is 8.51. The molecule has 1 aromatic rings. The molecule has 1 atom stereocenters. The van der Waals surface area contributed by atoms with Crippen LogP contribution in [0.15, 0.2) is 0 Å². The van der Waals surface area contributed by atoms with E-state index in [-0.39, 0.29) is 6.04 Å². The van der Waals surface area contributed by atoms with Gasteiger partial charge in [0.1, 0.15) is 5.82 Å². The van der Waals surface area contributed by atoms with Crippen LogP contribution < -0.4 is 5.73 Å². The first-order chi connectivity index (χ1) is 7.08. The van der Waals surface area contributed by atoms with Crippen LogP contribution in [-0.2, 0) is 12.8 Å². The summed E-state index contributed by atoms with van der Waals surface area (Å²) in [7, 11) is 0. The fourth-order valence-corrected chi connectivity index (χ4v) is 1.85. The van der Waals surface area contributed by atoms with Gasteiger partial charge in [0, 0.05) is 5.69 Å². The van der Waals surface area contributed by atoms with Gasteiger partial charge in [-0.1, -0.05) is 27.7 Å². The van der Waals surface area contributed by atoms with E-state index < -0.39 is 0 Å². The Morgan fingerprint density at radius 2 is 1.93 bits per heavy atom. The lowest BCUT2D eigenvalue weighted by Crippen LogP contribution is -2.14. The molecule has 0 aromatic carbocycles. The van der Waals surface area contributed by atoms with Gasteiger partial charge in [-0.25, -0.2) is 4.98 Å². The van der Waals surface area contributed by atoms with E-state index in [1.165, 1.54) is 11.4 Å². The summed E-state index contributed by atoms with van der Waals surface area (Å²) in [5, 5.41) is 0. The van der Waals surface area contributed by atoms with Crippen molar-refractivity contribution in [3.05, 3.63) is 17.2 Å². The van der Waals surface area contributed by atoms with Crippen LogP contribution in [0, 0.1) is 5.92 Å². The molecule has 0 bridgehead atoms. The third-order valence-electron chi connectivity index (χ3n) is 2.65. The Morgan fingerprint density at radius 3 is 2.33 bits per heavy atom. The summed E-state index contributed by atoms with van der Waals surface area (Å²) < 4.78 is 0. The minimum Gasteiger partial charge on any atom is -0.344 e. The van der Waals surface area contributed by atoms with Crippen LogP contribution >= 0.6 is 0 Å². The quantitative estimate of drug-likeness (QED) is 0.783. The van der Waals surface area contributed by atoms with Crippen LogP contribution in [0.2, 0.25) is 0 Å². The van der Waals surface area contributed by atoms with Crippen LogP contribution in [0.5, 0.6) is 0 Å². The summed E-state index contributed by atoms with van der Waals surface area (Å²) in [6.45, 7) is 8.64. The van der Waals surface area contributed by atoms with E-state index in [4.69, 9.17) is 5.73 Å². The van der Waals surface area contributed by atoms with Crippen LogP contribution in [0.25, 0.3) is 0 Å². The molecule has 3 heteroatoms. The number of H-pyrrole nitrogens is 1. The summed E-state index contributed by atoms with van der Waals surface area (Å²) in [6, 6.07) is 0.0515. The number of nitrogens with one attached hydrogen (secondary N) is 1. The first-order valence-electron chi connectivity index (χ1n) is 5.91. The fraction of sp³-hybridized carbons (Fsp3) is 0.750. The zero-order chi connectivity index (χ0) is 11.4. The van der Waals surface area contributed by atoms with Gasteiger partial charge in [-0.3, -0.25) is 0 Å². The molecular weight excluding hydrogens is 186 g/mol. The minimum atomic E-state index is 0.0515. The number of aromatic nitrogens is 2. The van der Waals surface area contributed by atoms with E-state index in [9.17, 15) is 0 Å². The van der Waals surface area contributed by atoms with Crippen molar-refractivity contribution in [2.24, 2.45) is 11.7 Å². The number of nitrogens with two attached hydrogens (primary N) is 1. The molecule has 0 radical (unpaired) electrons. The first kappa shape index (κ1) is 12.2. The number of imidazole rings is 1. The molecule has 1 heterocycles. The molecule has 1 unspecified atom stereocenters. The number of hydrogen-bond donors (Lipinski definition) is 2. The number of rotatable bonds is 5. The highest BCUT2D eigenvalue weighted by molar-refractivity contribution is 5.16. The third kappa shape index (κ3) is 3.06. The maximum atomic E-state index is 6.09. The largest absolute Gasteiger partial charge is 0.344 e. The van der Waals surface area contributed by atoms with Gasteiger partial charge < -0.3 is 10.7 Å². The van der Waals surface area contributed by atoms with Gasteiger partial charge in [-0.15, -0.1) is 0 Å². The molecule has 0 aliphatic heterocycles. The van der Waals surface area contributed by atoms with Gasteiger partial charge in [0.15, 0.2) is 0 Å². The summed E-state index contributed by atoms with van der Waals surface area (Å²) in [4.78, 5) is 7.92. The Morgan fingerprint density at radius 1 is 1.27 bits per heavy atom. The number of nitrogens with zero attached hydrogens (tertiary/aromatic N) is 1. The zero-order valence-electron chi connectivity index (χ0n) is 10.3. The lowest BCUT2D eigenvalue weighted by atomic mass is 10.0. The van der Waals surface area contributed by atoms with Crippen molar-refractivity contribution in [3.63, 3.8) is 0 Å². The Labute approximate surface area is 92.5 Å². The number of hydrogen-bond acceptors (Lipinski definition) is 2. The molecule has 0 fully saturated rings.